The summed E-state index contributed by atoms with van der Waals surface area (Å²) < 4.78 is 7.71. The van der Waals surface area contributed by atoms with Crippen LogP contribution in [0.5, 0.6) is 5.75 Å². The van der Waals surface area contributed by atoms with E-state index >= 15 is 0 Å². The lowest BCUT2D eigenvalue weighted by Gasteiger charge is -2.35. The van der Waals surface area contributed by atoms with E-state index in [9.17, 15) is 9.59 Å². The molecule has 0 spiro atoms. The molecule has 35 heavy (non-hydrogen) atoms. The molecule has 2 unspecified atom stereocenters. The number of likely N-dealkylation sites (tertiary alicyclic amines) is 2. The van der Waals surface area contributed by atoms with Crippen LogP contribution in [0.2, 0.25) is 5.02 Å². The topological polar surface area (TPSA) is 62.7 Å². The number of ether oxygens (including phenoxy) is 1. The third kappa shape index (κ3) is 4.03. The predicted molar refractivity (Wildman–Crippen MR) is 138 cm³/mol. The van der Waals surface area contributed by atoms with Gasteiger partial charge in [-0.1, -0.05) is 18.5 Å². The molecule has 3 aliphatic rings. The van der Waals surface area contributed by atoms with E-state index in [2.05, 4.69) is 23.9 Å². The van der Waals surface area contributed by atoms with Gasteiger partial charge in [-0.2, -0.15) is 0 Å². The third-order valence-electron chi connectivity index (χ3n) is 7.56. The SMILES string of the molecule is Cc1cc(Cl)cc(-c2ccnc3cc(CN4C(=O)C5CC5C4=O)sc23)c1O[C@@H]1CCN(C)C[C@@H]1C. The van der Waals surface area contributed by atoms with Crippen LogP contribution in [-0.4, -0.2) is 52.8 Å². The average molecular weight is 510 g/mol. The third-order valence-corrected chi connectivity index (χ3v) is 8.92. The van der Waals surface area contributed by atoms with E-state index in [-0.39, 0.29) is 29.8 Å². The Labute approximate surface area is 213 Å². The second kappa shape index (κ2) is 8.57. The molecule has 0 radical (unpaired) electrons. The first kappa shape index (κ1) is 23.0. The normalized spacial score (nSPS) is 26.5. The molecular weight excluding hydrogens is 482 g/mol. The molecule has 4 atom stereocenters. The Hall–Kier alpha value is -2.48. The predicted octanol–water partition coefficient (Wildman–Crippen LogP) is 5.15. The summed E-state index contributed by atoms with van der Waals surface area (Å²) >= 11 is 8.11. The monoisotopic (exact) mass is 509 g/mol. The first-order valence-electron chi connectivity index (χ1n) is 12.2. The fourth-order valence-electron chi connectivity index (χ4n) is 5.58. The Kier molecular flexibility index (Phi) is 5.62. The van der Waals surface area contributed by atoms with Crippen LogP contribution in [0.3, 0.4) is 0 Å². The van der Waals surface area contributed by atoms with E-state index in [1.54, 1.807) is 17.5 Å². The number of amides is 2. The van der Waals surface area contributed by atoms with Crippen molar-refractivity contribution in [2.45, 2.75) is 39.3 Å². The van der Waals surface area contributed by atoms with Crippen LogP contribution in [0.25, 0.3) is 21.3 Å². The number of benzene rings is 1. The van der Waals surface area contributed by atoms with Gasteiger partial charge in [-0.3, -0.25) is 19.5 Å². The van der Waals surface area contributed by atoms with Crippen molar-refractivity contribution in [3.8, 4) is 16.9 Å². The van der Waals surface area contributed by atoms with Gasteiger partial charge < -0.3 is 9.64 Å². The number of hydrogen-bond donors (Lipinski definition) is 0. The number of aryl methyl sites for hydroxylation is 1. The number of fused-ring (bicyclic) bond motifs is 2. The highest BCUT2D eigenvalue weighted by Gasteiger charge is 2.58. The summed E-state index contributed by atoms with van der Waals surface area (Å²) in [5, 5.41) is 0.663. The zero-order valence-electron chi connectivity index (χ0n) is 20.1. The Morgan fingerprint density at radius 1 is 1.17 bits per heavy atom. The molecule has 2 aliphatic heterocycles. The minimum atomic E-state index is -0.0818. The van der Waals surface area contributed by atoms with Crippen molar-refractivity contribution in [3.05, 3.63) is 45.9 Å². The number of thiophene rings is 1. The van der Waals surface area contributed by atoms with Crippen molar-refractivity contribution in [1.29, 1.82) is 0 Å². The quantitative estimate of drug-likeness (QED) is 0.445. The highest BCUT2D eigenvalue weighted by molar-refractivity contribution is 7.19. The molecule has 0 bridgehead atoms. The second-order valence-corrected chi connectivity index (χ2v) is 11.9. The summed E-state index contributed by atoms with van der Waals surface area (Å²) in [6.07, 6.45) is 3.64. The lowest BCUT2D eigenvalue weighted by molar-refractivity contribution is -0.141. The molecule has 4 heterocycles. The minimum absolute atomic E-state index is 0.0287. The van der Waals surface area contributed by atoms with E-state index in [1.165, 1.54) is 4.90 Å². The number of aromatic nitrogens is 1. The molecule has 3 fully saturated rings. The number of pyridine rings is 1. The highest BCUT2D eigenvalue weighted by Crippen LogP contribution is 2.48. The number of halogens is 1. The van der Waals surface area contributed by atoms with Crippen LogP contribution in [-0.2, 0) is 16.1 Å². The number of imide groups is 1. The number of hydrogen-bond acceptors (Lipinski definition) is 6. The van der Waals surface area contributed by atoms with Crippen LogP contribution in [0.1, 0.15) is 30.2 Å². The zero-order valence-corrected chi connectivity index (χ0v) is 21.7. The minimum Gasteiger partial charge on any atom is -0.489 e. The molecule has 1 aliphatic carbocycles. The highest BCUT2D eigenvalue weighted by atomic mass is 35.5. The molecule has 1 saturated carbocycles. The number of nitrogens with zero attached hydrogens (tertiary/aromatic N) is 3. The summed E-state index contributed by atoms with van der Waals surface area (Å²) in [6, 6.07) is 7.91. The molecule has 2 aromatic heterocycles. The molecule has 0 N–H and O–H groups in total. The van der Waals surface area contributed by atoms with Gasteiger partial charge in [0.25, 0.3) is 0 Å². The first-order valence-corrected chi connectivity index (χ1v) is 13.4. The van der Waals surface area contributed by atoms with E-state index in [0.717, 1.165) is 63.5 Å². The summed E-state index contributed by atoms with van der Waals surface area (Å²) in [5.41, 5.74) is 3.82. The average Bonchev–Trinajstić information content (AvgIpc) is 3.45. The van der Waals surface area contributed by atoms with Gasteiger partial charge in [0.2, 0.25) is 11.8 Å². The van der Waals surface area contributed by atoms with Gasteiger partial charge in [0, 0.05) is 46.2 Å². The van der Waals surface area contributed by atoms with Gasteiger partial charge in [0.15, 0.2) is 0 Å². The number of piperidine rings is 2. The lowest BCUT2D eigenvalue weighted by Crippen LogP contribution is -2.42. The van der Waals surface area contributed by atoms with Gasteiger partial charge in [0.1, 0.15) is 11.9 Å². The molecule has 6 nitrogen and oxygen atoms in total. The van der Waals surface area contributed by atoms with Crippen LogP contribution >= 0.6 is 22.9 Å². The Bertz CT molecular complexity index is 1330. The standard InChI is InChI=1S/C27H28ClN3O3S/c1-14-8-16(28)9-19(24(14)34-23-5-7-30(3)12-15(23)2)18-4-6-29-22-10-17(35-25(18)22)13-31-26(32)20-11-21(20)27(31)33/h4,6,8-10,15,20-21,23H,5,7,11-13H2,1-3H3/t15-,20?,21?,23+/m0/s1. The van der Waals surface area contributed by atoms with Gasteiger partial charge in [-0.15, -0.1) is 11.3 Å². The Morgan fingerprint density at radius 3 is 2.69 bits per heavy atom. The zero-order chi connectivity index (χ0) is 24.4. The summed E-state index contributed by atoms with van der Waals surface area (Å²) in [4.78, 5) is 34.3. The van der Waals surface area contributed by atoms with Gasteiger partial charge in [-0.25, -0.2) is 0 Å². The van der Waals surface area contributed by atoms with Gasteiger partial charge in [0.05, 0.1) is 28.6 Å². The summed E-state index contributed by atoms with van der Waals surface area (Å²) in [7, 11) is 2.15. The molecule has 6 rings (SSSR count). The Morgan fingerprint density at radius 2 is 1.94 bits per heavy atom. The van der Waals surface area contributed by atoms with E-state index in [4.69, 9.17) is 16.3 Å². The lowest BCUT2D eigenvalue weighted by atomic mass is 9.96. The number of carbonyl (C=O) groups is 2. The van der Waals surface area contributed by atoms with Crippen LogP contribution < -0.4 is 4.74 Å². The maximum absolute atomic E-state index is 12.5. The number of carbonyl (C=O) groups excluding carboxylic acids is 2. The maximum Gasteiger partial charge on any atom is 0.233 e. The van der Waals surface area contributed by atoms with Crippen LogP contribution in [0, 0.1) is 24.7 Å². The number of rotatable bonds is 5. The Balaban J connectivity index is 1.37. The molecule has 2 saturated heterocycles. The summed E-state index contributed by atoms with van der Waals surface area (Å²) in [5.74, 6) is 1.06. The molecule has 182 valence electrons. The van der Waals surface area contributed by atoms with E-state index < -0.39 is 0 Å². The van der Waals surface area contributed by atoms with Gasteiger partial charge in [-0.05, 0) is 56.6 Å². The fourth-order valence-corrected chi connectivity index (χ4v) is 6.99. The van der Waals surface area contributed by atoms with Crippen molar-refractivity contribution in [1.82, 2.24) is 14.8 Å². The molecule has 3 aromatic rings. The van der Waals surface area contributed by atoms with Gasteiger partial charge >= 0.3 is 0 Å². The smallest absolute Gasteiger partial charge is 0.233 e. The van der Waals surface area contributed by atoms with Crippen molar-refractivity contribution in [2.75, 3.05) is 20.1 Å². The van der Waals surface area contributed by atoms with Crippen molar-refractivity contribution >= 4 is 45.0 Å². The first-order chi connectivity index (χ1) is 16.8. The van der Waals surface area contributed by atoms with E-state index in [1.807, 2.05) is 31.2 Å². The summed E-state index contributed by atoms with van der Waals surface area (Å²) in [6.45, 7) is 6.62. The largest absolute Gasteiger partial charge is 0.489 e. The second-order valence-electron chi connectivity index (χ2n) is 10.3. The maximum atomic E-state index is 12.5. The molecular formula is C27H28ClN3O3S. The molecule has 2 amide bonds. The fraction of sp³-hybridized carbons (Fsp3) is 0.444. The molecule has 8 heteroatoms. The van der Waals surface area contributed by atoms with Crippen molar-refractivity contribution < 1.29 is 14.3 Å². The van der Waals surface area contributed by atoms with Crippen molar-refractivity contribution in [3.63, 3.8) is 0 Å². The molecule has 1 aromatic carbocycles. The van der Waals surface area contributed by atoms with Crippen molar-refractivity contribution in [2.24, 2.45) is 17.8 Å². The van der Waals surface area contributed by atoms with E-state index in [0.29, 0.717) is 17.5 Å². The van der Waals surface area contributed by atoms with Crippen LogP contribution in [0.15, 0.2) is 30.5 Å². The van der Waals surface area contributed by atoms with Crippen LogP contribution in [0.4, 0.5) is 0 Å².